The van der Waals surface area contributed by atoms with Crippen LogP contribution in [0, 0.1) is 0 Å². The summed E-state index contributed by atoms with van der Waals surface area (Å²) in [6.07, 6.45) is 0.943. The number of carbonyl (C=O) groups excluding carboxylic acids is 2. The maximum absolute atomic E-state index is 11.0. The van der Waals surface area contributed by atoms with Gasteiger partial charge in [-0.1, -0.05) is 0 Å². The summed E-state index contributed by atoms with van der Waals surface area (Å²) in [5, 5.41) is 0. The van der Waals surface area contributed by atoms with Gasteiger partial charge in [0.25, 0.3) is 0 Å². The zero-order chi connectivity index (χ0) is 13.3. The average Bonchev–Trinajstić information content (AvgIpc) is 2.27. The molecule has 0 aliphatic carbocycles. The van der Waals surface area contributed by atoms with Crippen LogP contribution in [0.15, 0.2) is 0 Å². The van der Waals surface area contributed by atoms with Crippen molar-refractivity contribution in [2.24, 2.45) is 0 Å². The second kappa shape index (κ2) is 9.38. The van der Waals surface area contributed by atoms with Gasteiger partial charge in [-0.2, -0.15) is 0 Å². The van der Waals surface area contributed by atoms with Crippen molar-refractivity contribution in [2.45, 2.75) is 22.7 Å². The minimum absolute atomic E-state index is 0.154. The third kappa shape index (κ3) is 10.1. The quantitative estimate of drug-likeness (QED) is 0.471. The first kappa shape index (κ1) is 17.4. The van der Waals surface area contributed by atoms with E-state index in [-0.39, 0.29) is 11.9 Å². The average molecular weight is 387 g/mol. The molecule has 0 N–H and O–H groups in total. The second-order valence-corrected chi connectivity index (χ2v) is 33.5. The fourth-order valence-corrected chi connectivity index (χ4v) is 18.5. The van der Waals surface area contributed by atoms with Crippen LogP contribution in [-0.4, -0.2) is 53.3 Å². The molecule has 0 aliphatic heterocycles. The zero-order valence-corrected chi connectivity index (χ0v) is 15.3. The molecule has 0 fully saturated rings. The molecule has 0 aliphatic rings. The third-order valence-corrected chi connectivity index (χ3v) is 24.3. The molecular formula is C10H20O4S2Sn. The van der Waals surface area contributed by atoms with E-state index in [4.69, 9.17) is 0 Å². The van der Waals surface area contributed by atoms with Crippen LogP contribution >= 0.6 is 17.9 Å². The fourth-order valence-electron chi connectivity index (χ4n) is 1.01. The molecule has 0 saturated carbocycles. The molecule has 7 heteroatoms. The van der Waals surface area contributed by atoms with E-state index < -0.39 is 15.6 Å². The molecule has 0 saturated heterocycles. The summed E-state index contributed by atoms with van der Waals surface area (Å²) in [5.41, 5.74) is 0. The molecule has 4 nitrogen and oxygen atoms in total. The first-order valence-corrected chi connectivity index (χ1v) is 20.0. The zero-order valence-electron chi connectivity index (χ0n) is 10.8. The summed E-state index contributed by atoms with van der Waals surface area (Å²) in [6.45, 7) is 0. The Bertz CT molecular complexity index is 235. The standard InChI is InChI=1S/2C4H8O2S.2CH3.Sn/c2*1-6-4(5)2-3-7;;;/h2*7H,2-3H2,1H3;2*1H3;/q;;;;+2/p-2. The summed E-state index contributed by atoms with van der Waals surface area (Å²) in [5.74, 6) is 1.33. The molecule has 0 unspecified atom stereocenters. The molecule has 0 radical (unpaired) electrons. The predicted octanol–water partition coefficient (Wildman–Crippen LogP) is 2.28. The van der Waals surface area contributed by atoms with Crippen LogP contribution in [-0.2, 0) is 19.1 Å². The van der Waals surface area contributed by atoms with Crippen LogP contribution in [0.1, 0.15) is 12.8 Å². The Labute approximate surface area is 112 Å². The molecule has 0 bridgehead atoms. The van der Waals surface area contributed by atoms with Gasteiger partial charge >= 0.3 is 113 Å². The molecular weight excluding hydrogens is 367 g/mol. The summed E-state index contributed by atoms with van der Waals surface area (Å²) < 4.78 is 9.19. The SMILES string of the molecule is COC(=O)CC[S][Sn]([CH3])([CH3])[S]CCC(=O)OC. The Morgan fingerprint density at radius 2 is 1.29 bits per heavy atom. The van der Waals surface area contributed by atoms with Gasteiger partial charge in [-0.25, -0.2) is 0 Å². The topological polar surface area (TPSA) is 52.6 Å². The van der Waals surface area contributed by atoms with Gasteiger partial charge in [0.05, 0.1) is 0 Å². The number of esters is 2. The number of methoxy groups -OCH3 is 2. The number of ether oxygens (including phenoxy) is 2. The second-order valence-electron chi connectivity index (χ2n) is 3.75. The summed E-state index contributed by atoms with van der Waals surface area (Å²) >= 11 is -2.18. The van der Waals surface area contributed by atoms with Gasteiger partial charge in [-0.05, 0) is 0 Å². The van der Waals surface area contributed by atoms with Crippen molar-refractivity contribution >= 4 is 45.4 Å². The van der Waals surface area contributed by atoms with E-state index in [2.05, 4.69) is 19.4 Å². The van der Waals surface area contributed by atoms with Crippen molar-refractivity contribution < 1.29 is 19.1 Å². The van der Waals surface area contributed by atoms with Gasteiger partial charge in [0.1, 0.15) is 0 Å². The van der Waals surface area contributed by atoms with Crippen molar-refractivity contribution in [1.29, 1.82) is 0 Å². The van der Waals surface area contributed by atoms with E-state index in [1.54, 1.807) is 0 Å². The Balaban J connectivity index is 3.72. The van der Waals surface area contributed by atoms with Crippen molar-refractivity contribution in [1.82, 2.24) is 0 Å². The Hall–Kier alpha value is 0.439. The van der Waals surface area contributed by atoms with Crippen LogP contribution in [0.2, 0.25) is 9.88 Å². The van der Waals surface area contributed by atoms with Crippen molar-refractivity contribution in [2.75, 3.05) is 25.7 Å². The van der Waals surface area contributed by atoms with Gasteiger partial charge in [-0.3, -0.25) is 0 Å². The first-order chi connectivity index (χ1) is 7.91. The Morgan fingerprint density at radius 3 is 1.59 bits per heavy atom. The number of hydrogen-bond donors (Lipinski definition) is 0. The summed E-state index contributed by atoms with van der Waals surface area (Å²) in [6, 6.07) is 0. The molecule has 0 spiro atoms. The van der Waals surface area contributed by atoms with Crippen LogP contribution in [0.3, 0.4) is 0 Å². The molecule has 0 aromatic heterocycles. The van der Waals surface area contributed by atoms with Gasteiger partial charge in [0, 0.05) is 0 Å². The molecule has 0 atom stereocenters. The van der Waals surface area contributed by atoms with Gasteiger partial charge in [0.15, 0.2) is 0 Å². The Kier molecular flexibility index (Phi) is 9.62. The van der Waals surface area contributed by atoms with Crippen LogP contribution in [0.5, 0.6) is 0 Å². The van der Waals surface area contributed by atoms with E-state index in [0.717, 1.165) is 11.5 Å². The van der Waals surface area contributed by atoms with Crippen molar-refractivity contribution in [3.63, 3.8) is 0 Å². The summed E-state index contributed by atoms with van der Waals surface area (Å²) in [7, 11) is 6.62. The third-order valence-electron chi connectivity index (χ3n) is 1.97. The van der Waals surface area contributed by atoms with E-state index in [9.17, 15) is 9.59 Å². The summed E-state index contributed by atoms with van der Waals surface area (Å²) in [4.78, 5) is 26.5. The maximum atomic E-state index is 11.0. The molecule has 0 aromatic carbocycles. The molecule has 0 heterocycles. The van der Waals surface area contributed by atoms with Crippen molar-refractivity contribution in [3.8, 4) is 0 Å². The molecule has 17 heavy (non-hydrogen) atoms. The van der Waals surface area contributed by atoms with Crippen LogP contribution in [0.25, 0.3) is 0 Å². The Morgan fingerprint density at radius 1 is 0.941 bits per heavy atom. The molecule has 100 valence electrons. The van der Waals surface area contributed by atoms with Gasteiger partial charge < -0.3 is 0 Å². The molecule has 0 amide bonds. The monoisotopic (exact) mass is 388 g/mol. The van der Waals surface area contributed by atoms with Crippen LogP contribution < -0.4 is 0 Å². The number of hydrogen-bond acceptors (Lipinski definition) is 6. The van der Waals surface area contributed by atoms with E-state index in [1.807, 2.05) is 17.9 Å². The molecule has 0 rings (SSSR count). The minimum atomic E-state index is -2.18. The van der Waals surface area contributed by atoms with E-state index >= 15 is 0 Å². The number of carbonyl (C=O) groups is 2. The fraction of sp³-hybridized carbons (Fsp3) is 0.800. The van der Waals surface area contributed by atoms with E-state index in [0.29, 0.717) is 12.8 Å². The van der Waals surface area contributed by atoms with Crippen molar-refractivity contribution in [3.05, 3.63) is 0 Å². The molecule has 0 aromatic rings. The van der Waals surface area contributed by atoms with Crippen LogP contribution in [0.4, 0.5) is 0 Å². The van der Waals surface area contributed by atoms with Gasteiger partial charge in [-0.15, -0.1) is 0 Å². The first-order valence-electron chi connectivity index (χ1n) is 5.33. The normalized spacial score (nSPS) is 11.1. The predicted molar refractivity (Wildman–Crippen MR) is 75.7 cm³/mol. The number of rotatable bonds is 8. The van der Waals surface area contributed by atoms with Gasteiger partial charge in [0.2, 0.25) is 0 Å². The van der Waals surface area contributed by atoms with E-state index in [1.165, 1.54) is 14.2 Å².